The van der Waals surface area contributed by atoms with Gasteiger partial charge >= 0.3 is 0 Å². The van der Waals surface area contributed by atoms with Crippen LogP contribution in [0, 0.1) is 10.1 Å². The van der Waals surface area contributed by atoms with Gasteiger partial charge in [0.2, 0.25) is 0 Å². The van der Waals surface area contributed by atoms with E-state index in [0.717, 1.165) is 0 Å². The van der Waals surface area contributed by atoms with E-state index in [1.807, 2.05) is 0 Å². The van der Waals surface area contributed by atoms with Crippen LogP contribution < -0.4 is 10.6 Å². The number of nitro groups is 1. The summed E-state index contributed by atoms with van der Waals surface area (Å²) in [4.78, 5) is 14.5. The first-order valence-corrected chi connectivity index (χ1v) is 5.19. The molecule has 0 aromatic carbocycles. The van der Waals surface area contributed by atoms with Gasteiger partial charge in [0.1, 0.15) is 11.6 Å². The monoisotopic (exact) mass is 248 g/mol. The Labute approximate surface area is 103 Å². The van der Waals surface area contributed by atoms with Crippen molar-refractivity contribution >= 4 is 23.1 Å². The number of nitrogens with one attached hydrogen (secondary N) is 2. The Morgan fingerprint density at radius 3 is 2.61 bits per heavy atom. The average molecular weight is 248 g/mol. The standard InChI is InChI=1S/C10H12N6O2/c1-11-9-5-7(16(17)18)6-10(13-9)12-8-3-4-15(2)14-8/h3-6H,1-2H3,(H2,11,12,13,14). The summed E-state index contributed by atoms with van der Waals surface area (Å²) in [7, 11) is 3.43. The minimum absolute atomic E-state index is 0.0345. The molecule has 18 heavy (non-hydrogen) atoms. The molecule has 8 heteroatoms. The molecular weight excluding hydrogens is 236 g/mol. The lowest BCUT2D eigenvalue weighted by molar-refractivity contribution is -0.384. The summed E-state index contributed by atoms with van der Waals surface area (Å²) in [5.74, 6) is 1.36. The van der Waals surface area contributed by atoms with Crippen molar-refractivity contribution in [2.24, 2.45) is 7.05 Å². The molecule has 2 N–H and O–H groups in total. The van der Waals surface area contributed by atoms with E-state index in [-0.39, 0.29) is 5.69 Å². The highest BCUT2D eigenvalue weighted by Crippen LogP contribution is 2.22. The minimum Gasteiger partial charge on any atom is -0.373 e. The second-order valence-electron chi connectivity index (χ2n) is 3.60. The Morgan fingerprint density at radius 1 is 1.33 bits per heavy atom. The molecular formula is C10H12N6O2. The second-order valence-corrected chi connectivity index (χ2v) is 3.60. The number of rotatable bonds is 4. The van der Waals surface area contributed by atoms with Crippen LogP contribution in [-0.4, -0.2) is 26.7 Å². The van der Waals surface area contributed by atoms with Gasteiger partial charge in [0.25, 0.3) is 5.69 Å². The Hall–Kier alpha value is -2.64. The molecule has 2 aromatic rings. The maximum atomic E-state index is 10.8. The summed E-state index contributed by atoms with van der Waals surface area (Å²) in [6, 6.07) is 4.47. The van der Waals surface area contributed by atoms with Crippen molar-refractivity contribution in [2.75, 3.05) is 17.7 Å². The summed E-state index contributed by atoms with van der Waals surface area (Å²) in [5, 5.41) is 20.6. The minimum atomic E-state index is -0.466. The van der Waals surface area contributed by atoms with E-state index < -0.39 is 4.92 Å². The van der Waals surface area contributed by atoms with E-state index in [1.54, 1.807) is 31.0 Å². The van der Waals surface area contributed by atoms with Gasteiger partial charge in [-0.2, -0.15) is 5.10 Å². The van der Waals surface area contributed by atoms with Crippen LogP contribution in [0.5, 0.6) is 0 Å². The molecule has 0 bridgehead atoms. The van der Waals surface area contributed by atoms with Crippen molar-refractivity contribution in [3.05, 3.63) is 34.5 Å². The van der Waals surface area contributed by atoms with Crippen LogP contribution in [0.4, 0.5) is 23.1 Å². The van der Waals surface area contributed by atoms with Crippen LogP contribution in [0.15, 0.2) is 24.4 Å². The number of aryl methyl sites for hydroxylation is 1. The van der Waals surface area contributed by atoms with Gasteiger partial charge in [-0.25, -0.2) is 4.98 Å². The molecule has 0 aliphatic heterocycles. The van der Waals surface area contributed by atoms with E-state index in [4.69, 9.17) is 0 Å². The first-order valence-electron chi connectivity index (χ1n) is 5.19. The van der Waals surface area contributed by atoms with Crippen molar-refractivity contribution < 1.29 is 4.92 Å². The number of hydrogen-bond donors (Lipinski definition) is 2. The van der Waals surface area contributed by atoms with Gasteiger partial charge in [0, 0.05) is 26.4 Å². The molecule has 8 nitrogen and oxygen atoms in total. The Bertz CT molecular complexity index is 579. The molecule has 2 aromatic heterocycles. The van der Waals surface area contributed by atoms with Gasteiger partial charge in [-0.15, -0.1) is 0 Å². The number of aromatic nitrogens is 3. The Balaban J connectivity index is 2.32. The maximum Gasteiger partial charge on any atom is 0.276 e. The van der Waals surface area contributed by atoms with Crippen molar-refractivity contribution in [3.63, 3.8) is 0 Å². The van der Waals surface area contributed by atoms with Gasteiger partial charge in [0.15, 0.2) is 5.82 Å². The molecule has 0 unspecified atom stereocenters. The average Bonchev–Trinajstić information content (AvgIpc) is 2.74. The molecule has 94 valence electrons. The van der Waals surface area contributed by atoms with Crippen LogP contribution in [0.1, 0.15) is 0 Å². The smallest absolute Gasteiger partial charge is 0.276 e. The number of pyridine rings is 1. The molecule has 2 heterocycles. The fraction of sp³-hybridized carbons (Fsp3) is 0.200. The van der Waals surface area contributed by atoms with Gasteiger partial charge in [0.05, 0.1) is 17.1 Å². The third kappa shape index (κ3) is 2.54. The first-order chi connectivity index (χ1) is 8.58. The predicted octanol–water partition coefficient (Wildman–Crippen LogP) is 1.51. The van der Waals surface area contributed by atoms with Crippen molar-refractivity contribution in [2.45, 2.75) is 0 Å². The van der Waals surface area contributed by atoms with Crippen LogP contribution in [-0.2, 0) is 7.05 Å². The largest absolute Gasteiger partial charge is 0.373 e. The molecule has 0 aliphatic rings. The molecule has 0 atom stereocenters. The van der Waals surface area contributed by atoms with Crippen molar-refractivity contribution in [1.82, 2.24) is 14.8 Å². The predicted molar refractivity (Wildman–Crippen MR) is 66.9 cm³/mol. The van der Waals surface area contributed by atoms with Gasteiger partial charge < -0.3 is 10.6 Å². The van der Waals surface area contributed by atoms with Gasteiger partial charge in [-0.1, -0.05) is 0 Å². The highest BCUT2D eigenvalue weighted by atomic mass is 16.6. The quantitative estimate of drug-likeness (QED) is 0.628. The summed E-state index contributed by atoms with van der Waals surface area (Å²) in [5.41, 5.74) is -0.0345. The summed E-state index contributed by atoms with van der Waals surface area (Å²) >= 11 is 0. The van der Waals surface area contributed by atoms with E-state index in [9.17, 15) is 10.1 Å². The van der Waals surface area contributed by atoms with E-state index >= 15 is 0 Å². The molecule has 0 radical (unpaired) electrons. The fourth-order valence-corrected chi connectivity index (χ4v) is 1.43. The highest BCUT2D eigenvalue weighted by molar-refractivity contribution is 5.59. The lowest BCUT2D eigenvalue weighted by Crippen LogP contribution is -2.01. The van der Waals surface area contributed by atoms with E-state index in [0.29, 0.717) is 17.5 Å². The van der Waals surface area contributed by atoms with Gasteiger partial charge in [-0.3, -0.25) is 14.8 Å². The SMILES string of the molecule is CNc1cc([N+](=O)[O-])cc(Nc2ccn(C)n2)n1. The topological polar surface area (TPSA) is 97.9 Å². The Morgan fingerprint density at radius 2 is 2.06 bits per heavy atom. The number of anilines is 3. The molecule has 0 saturated carbocycles. The zero-order valence-corrected chi connectivity index (χ0v) is 9.91. The van der Waals surface area contributed by atoms with E-state index in [1.165, 1.54) is 12.1 Å². The molecule has 0 amide bonds. The highest BCUT2D eigenvalue weighted by Gasteiger charge is 2.11. The lowest BCUT2D eigenvalue weighted by Gasteiger charge is -2.05. The third-order valence-corrected chi connectivity index (χ3v) is 2.25. The lowest BCUT2D eigenvalue weighted by atomic mass is 10.3. The molecule has 0 saturated heterocycles. The molecule has 2 rings (SSSR count). The Kier molecular flexibility index (Phi) is 3.09. The number of nitrogens with zero attached hydrogens (tertiary/aromatic N) is 4. The van der Waals surface area contributed by atoms with Crippen LogP contribution in [0.2, 0.25) is 0 Å². The zero-order chi connectivity index (χ0) is 13.1. The first kappa shape index (κ1) is 11.8. The van der Waals surface area contributed by atoms with Crippen molar-refractivity contribution in [3.8, 4) is 0 Å². The second kappa shape index (κ2) is 4.70. The maximum absolute atomic E-state index is 10.8. The van der Waals surface area contributed by atoms with Crippen LogP contribution in [0.25, 0.3) is 0 Å². The van der Waals surface area contributed by atoms with Crippen molar-refractivity contribution in [1.29, 1.82) is 0 Å². The zero-order valence-electron chi connectivity index (χ0n) is 9.91. The molecule has 0 aliphatic carbocycles. The summed E-state index contributed by atoms with van der Waals surface area (Å²) < 4.78 is 1.62. The third-order valence-electron chi connectivity index (χ3n) is 2.25. The normalized spacial score (nSPS) is 10.1. The summed E-state index contributed by atoms with van der Waals surface area (Å²) in [6.07, 6.45) is 1.76. The van der Waals surface area contributed by atoms with E-state index in [2.05, 4.69) is 20.7 Å². The van der Waals surface area contributed by atoms with Crippen LogP contribution in [0.3, 0.4) is 0 Å². The molecule has 0 fully saturated rings. The molecule has 0 spiro atoms. The fourth-order valence-electron chi connectivity index (χ4n) is 1.43. The summed E-state index contributed by atoms with van der Waals surface area (Å²) in [6.45, 7) is 0. The number of hydrogen-bond acceptors (Lipinski definition) is 6. The van der Waals surface area contributed by atoms with Crippen LogP contribution >= 0.6 is 0 Å². The van der Waals surface area contributed by atoms with Gasteiger partial charge in [-0.05, 0) is 0 Å².